The van der Waals surface area contributed by atoms with E-state index in [1.807, 2.05) is 6.92 Å². The number of hydrogen-bond acceptors (Lipinski definition) is 9. The maximum Gasteiger partial charge on any atom is 0.331 e. The van der Waals surface area contributed by atoms with Crippen molar-refractivity contribution in [3.8, 4) is 0 Å². The van der Waals surface area contributed by atoms with E-state index in [1.54, 1.807) is 25.2 Å². The molecule has 0 aromatic carbocycles. The zero-order chi connectivity index (χ0) is 26.9. The summed E-state index contributed by atoms with van der Waals surface area (Å²) in [5, 5.41) is 10.8. The van der Waals surface area contributed by atoms with Gasteiger partial charge in [0.25, 0.3) is 0 Å². The van der Waals surface area contributed by atoms with Crippen molar-refractivity contribution in [2.75, 3.05) is 13.2 Å². The van der Waals surface area contributed by atoms with Crippen molar-refractivity contribution in [1.82, 2.24) is 0 Å². The molecule has 206 valence electrons. The zero-order valence-corrected chi connectivity index (χ0v) is 22.3. The number of carbonyl (C=O) groups excluding carboxylic acids is 2. The van der Waals surface area contributed by atoms with E-state index in [1.165, 1.54) is 17.7 Å². The lowest BCUT2D eigenvalue weighted by Gasteiger charge is -2.58. The van der Waals surface area contributed by atoms with E-state index in [4.69, 9.17) is 28.4 Å². The third-order valence-corrected chi connectivity index (χ3v) is 9.76. The molecule has 38 heavy (non-hydrogen) atoms. The van der Waals surface area contributed by atoms with Crippen LogP contribution in [0.25, 0.3) is 0 Å². The molecule has 0 amide bonds. The van der Waals surface area contributed by atoms with Gasteiger partial charge in [0.2, 0.25) is 0 Å². The minimum atomic E-state index is -1.14. The van der Waals surface area contributed by atoms with Crippen molar-refractivity contribution >= 4 is 11.9 Å². The van der Waals surface area contributed by atoms with Gasteiger partial charge in [-0.2, -0.15) is 0 Å². The summed E-state index contributed by atoms with van der Waals surface area (Å²) in [7, 11) is 0. The molecular formula is C29H36O9. The first kappa shape index (κ1) is 26.0. The van der Waals surface area contributed by atoms with Gasteiger partial charge in [0.1, 0.15) is 30.5 Å². The van der Waals surface area contributed by atoms with Gasteiger partial charge in [0, 0.05) is 24.0 Å². The maximum atomic E-state index is 13.1. The fourth-order valence-corrected chi connectivity index (χ4v) is 7.29. The smallest absolute Gasteiger partial charge is 0.331 e. The van der Waals surface area contributed by atoms with Crippen LogP contribution in [-0.4, -0.2) is 78.8 Å². The van der Waals surface area contributed by atoms with Gasteiger partial charge < -0.3 is 33.5 Å². The summed E-state index contributed by atoms with van der Waals surface area (Å²) >= 11 is 0. The summed E-state index contributed by atoms with van der Waals surface area (Å²) < 4.78 is 36.4. The van der Waals surface area contributed by atoms with Gasteiger partial charge in [-0.1, -0.05) is 36.8 Å². The van der Waals surface area contributed by atoms with Crippen LogP contribution in [0.4, 0.5) is 0 Å². The van der Waals surface area contributed by atoms with Gasteiger partial charge in [-0.3, -0.25) is 0 Å². The molecule has 4 heterocycles. The lowest BCUT2D eigenvalue weighted by molar-refractivity contribution is -0.232. The van der Waals surface area contributed by atoms with Gasteiger partial charge in [0.15, 0.2) is 6.29 Å². The lowest BCUT2D eigenvalue weighted by Crippen LogP contribution is -2.66. The normalized spacial score (nSPS) is 48.4. The fraction of sp³-hybridized carbons (Fsp3) is 0.655. The number of esters is 2. The molecule has 1 saturated carbocycles. The number of hydrogen-bond donors (Lipinski definition) is 1. The second-order valence-corrected chi connectivity index (χ2v) is 11.8. The van der Waals surface area contributed by atoms with Gasteiger partial charge in [-0.05, 0) is 39.2 Å². The van der Waals surface area contributed by atoms with Gasteiger partial charge in [0.05, 0.1) is 30.3 Å². The third kappa shape index (κ3) is 3.78. The Morgan fingerprint density at radius 2 is 1.82 bits per heavy atom. The van der Waals surface area contributed by atoms with Crippen LogP contribution in [0, 0.1) is 10.8 Å². The maximum absolute atomic E-state index is 13.1. The van der Waals surface area contributed by atoms with Gasteiger partial charge >= 0.3 is 11.9 Å². The number of ether oxygens (including phenoxy) is 6. The molecule has 6 aliphatic rings. The number of aliphatic hydroxyl groups excluding tert-OH is 1. The highest BCUT2D eigenvalue weighted by molar-refractivity contribution is 5.83. The summed E-state index contributed by atoms with van der Waals surface area (Å²) in [6.07, 6.45) is 8.09. The Balaban J connectivity index is 1.39. The predicted octanol–water partition coefficient (Wildman–Crippen LogP) is 2.68. The van der Waals surface area contributed by atoms with Gasteiger partial charge in [-0.25, -0.2) is 9.59 Å². The van der Waals surface area contributed by atoms with Crippen molar-refractivity contribution in [2.24, 2.45) is 10.8 Å². The largest absolute Gasteiger partial charge is 0.462 e. The molecule has 2 aliphatic carbocycles. The van der Waals surface area contributed by atoms with Crippen LogP contribution in [0.15, 0.2) is 47.6 Å². The average molecular weight is 529 g/mol. The predicted molar refractivity (Wildman–Crippen MR) is 134 cm³/mol. The van der Waals surface area contributed by atoms with E-state index in [-0.39, 0.29) is 24.9 Å². The number of epoxide rings is 1. The van der Waals surface area contributed by atoms with Crippen LogP contribution in [0.5, 0.6) is 0 Å². The summed E-state index contributed by atoms with van der Waals surface area (Å²) in [4.78, 5) is 26.0. The topological polar surface area (TPSA) is 113 Å². The van der Waals surface area contributed by atoms with Crippen LogP contribution >= 0.6 is 0 Å². The Morgan fingerprint density at radius 1 is 1.03 bits per heavy atom. The SMILES string of the molecule is CC1=C[C@H]2O[C@@H]3C[C@H]4OC(=O)C=CC=CC5OC(OC5C)C(O)C(C)=CC(=O)OC[C@@]2(CC1)[C@]4(C)C31CO1. The second-order valence-electron chi connectivity index (χ2n) is 11.8. The van der Waals surface area contributed by atoms with Crippen molar-refractivity contribution < 1.29 is 43.1 Å². The monoisotopic (exact) mass is 528 g/mol. The molecule has 3 saturated heterocycles. The Bertz CT molecular complexity index is 1130. The minimum Gasteiger partial charge on any atom is -0.462 e. The number of rotatable bonds is 0. The first-order chi connectivity index (χ1) is 18.1. The van der Waals surface area contributed by atoms with Crippen molar-refractivity contribution in [3.63, 3.8) is 0 Å². The molecule has 0 aromatic heterocycles. The number of aliphatic hydroxyl groups is 1. The van der Waals surface area contributed by atoms with Crippen molar-refractivity contribution in [3.05, 3.63) is 47.6 Å². The number of allylic oxidation sites excluding steroid dienone is 3. The number of carbonyl (C=O) groups is 2. The van der Waals surface area contributed by atoms with Crippen molar-refractivity contribution in [2.45, 2.75) is 95.5 Å². The summed E-state index contributed by atoms with van der Waals surface area (Å²) in [5.74, 6) is -1.03. The fourth-order valence-electron chi connectivity index (χ4n) is 7.29. The Kier molecular flexibility index (Phi) is 6.23. The first-order valence-electron chi connectivity index (χ1n) is 13.5. The van der Waals surface area contributed by atoms with Crippen molar-refractivity contribution in [1.29, 1.82) is 0 Å². The zero-order valence-electron chi connectivity index (χ0n) is 22.3. The average Bonchev–Trinajstić information content (AvgIpc) is 3.57. The van der Waals surface area contributed by atoms with Crippen LogP contribution in [0.3, 0.4) is 0 Å². The van der Waals surface area contributed by atoms with E-state index in [2.05, 4.69) is 19.9 Å². The van der Waals surface area contributed by atoms with E-state index in [9.17, 15) is 14.7 Å². The Labute approximate surface area is 222 Å². The van der Waals surface area contributed by atoms with E-state index >= 15 is 0 Å². The molecule has 9 nitrogen and oxygen atoms in total. The van der Waals surface area contributed by atoms with Crippen LogP contribution < -0.4 is 0 Å². The van der Waals surface area contributed by atoms with Crippen LogP contribution in [0.1, 0.15) is 47.0 Å². The molecule has 5 unspecified atom stereocenters. The molecule has 4 fully saturated rings. The van der Waals surface area contributed by atoms with E-state index in [0.29, 0.717) is 25.0 Å². The van der Waals surface area contributed by atoms with Crippen LogP contribution in [0.2, 0.25) is 0 Å². The summed E-state index contributed by atoms with van der Waals surface area (Å²) in [6, 6.07) is 0. The first-order valence-corrected chi connectivity index (χ1v) is 13.5. The molecule has 0 radical (unpaired) electrons. The highest BCUT2D eigenvalue weighted by atomic mass is 16.7. The Hall–Kier alpha value is -2.30. The van der Waals surface area contributed by atoms with E-state index in [0.717, 1.165) is 6.42 Å². The molecular weight excluding hydrogens is 492 g/mol. The molecule has 0 aromatic rings. The van der Waals surface area contributed by atoms with E-state index < -0.39 is 53.0 Å². The second kappa shape index (κ2) is 9.13. The highest BCUT2D eigenvalue weighted by Gasteiger charge is 2.83. The lowest BCUT2D eigenvalue weighted by atomic mass is 9.51. The van der Waals surface area contributed by atoms with Crippen LogP contribution in [-0.2, 0) is 38.0 Å². The molecule has 1 N–H and O–H groups in total. The molecule has 4 aliphatic heterocycles. The molecule has 10 atom stereocenters. The summed E-state index contributed by atoms with van der Waals surface area (Å²) in [6.45, 7) is 8.24. The number of fused-ring (bicyclic) bond motifs is 2. The highest BCUT2D eigenvalue weighted by Crippen LogP contribution is 2.72. The summed E-state index contributed by atoms with van der Waals surface area (Å²) in [5.41, 5.74) is -0.284. The van der Waals surface area contributed by atoms with Gasteiger partial charge in [-0.15, -0.1) is 0 Å². The number of cyclic esters (lactones) is 1. The molecule has 6 rings (SSSR count). The minimum absolute atomic E-state index is 0.0661. The third-order valence-electron chi connectivity index (χ3n) is 9.76. The quantitative estimate of drug-likeness (QED) is 0.288. The molecule has 4 bridgehead atoms. The molecule has 9 heteroatoms. The Morgan fingerprint density at radius 3 is 2.58 bits per heavy atom. The standard InChI is InChI=1S/C29H36O9/c1-16-9-10-28-14-33-24(31)12-17(2)25(32)26-35-18(3)19(36-26)7-5-6-8-23(30)38-20-13-22(37-21(28)11-16)29(15-34-29)27(20,28)4/h5-8,11-12,18-22,25-26,32H,9-10,13-15H2,1-4H3/t18?,19?,20-,21-,22-,25?,26?,27-,28-,29?/m1/s1. The molecule has 2 spiro atoms.